The quantitative estimate of drug-likeness (QED) is 0.240. The summed E-state index contributed by atoms with van der Waals surface area (Å²) < 4.78 is 5.24. The Morgan fingerprint density at radius 1 is 1.23 bits per heavy atom. The maximum absolute atomic E-state index is 12.0. The first kappa shape index (κ1) is 26.5. The number of nitrogens with one attached hydrogen (secondary N) is 1. The van der Waals surface area contributed by atoms with Gasteiger partial charge in [-0.1, -0.05) is 67.0 Å². The number of allylic oxidation sites excluding steroid dienone is 9. The van der Waals surface area contributed by atoms with Gasteiger partial charge >= 0.3 is 5.97 Å². The standard InChI is InChI=1S/C26H41NO2S/c1-19(2)29-25(28)24(18-30)27-17-15-21(4)11-8-10-20(3)13-14-23-22(5)12-9-16-26(23,6)7/h8,10-11,13-15,19,24,27,30H,9,12,16-18H2,1-7H3/b11-8?,14-13?,20-10?,21-15-/t24-/m0/s1. The zero-order valence-electron chi connectivity index (χ0n) is 19.9. The Morgan fingerprint density at radius 3 is 2.53 bits per heavy atom. The molecule has 1 N–H and O–H groups in total. The zero-order valence-corrected chi connectivity index (χ0v) is 20.8. The number of rotatable bonds is 10. The Hall–Kier alpha value is -1.52. The van der Waals surface area contributed by atoms with Gasteiger partial charge in [0.15, 0.2) is 0 Å². The second kappa shape index (κ2) is 13.0. The predicted molar refractivity (Wildman–Crippen MR) is 133 cm³/mol. The van der Waals surface area contributed by atoms with Crippen LogP contribution in [0.3, 0.4) is 0 Å². The molecule has 0 aromatic carbocycles. The van der Waals surface area contributed by atoms with Crippen LogP contribution >= 0.6 is 12.6 Å². The van der Waals surface area contributed by atoms with E-state index < -0.39 is 6.04 Å². The van der Waals surface area contributed by atoms with E-state index in [0.29, 0.717) is 12.3 Å². The van der Waals surface area contributed by atoms with Gasteiger partial charge in [0.1, 0.15) is 6.04 Å². The Kier molecular flexibility index (Phi) is 11.5. The molecule has 0 amide bonds. The van der Waals surface area contributed by atoms with Crippen molar-refractivity contribution in [2.24, 2.45) is 5.41 Å². The average molecular weight is 432 g/mol. The second-order valence-electron chi connectivity index (χ2n) is 9.11. The first-order valence-corrected chi connectivity index (χ1v) is 11.6. The number of esters is 1. The van der Waals surface area contributed by atoms with Crippen molar-refractivity contribution < 1.29 is 9.53 Å². The van der Waals surface area contributed by atoms with Gasteiger partial charge in [-0.15, -0.1) is 0 Å². The van der Waals surface area contributed by atoms with Gasteiger partial charge in [0.05, 0.1) is 6.10 Å². The van der Waals surface area contributed by atoms with Gasteiger partial charge in [0.25, 0.3) is 0 Å². The van der Waals surface area contributed by atoms with Crippen molar-refractivity contribution in [2.75, 3.05) is 12.3 Å². The molecule has 0 aromatic heterocycles. The average Bonchev–Trinajstić information content (AvgIpc) is 2.63. The minimum Gasteiger partial charge on any atom is -0.462 e. The smallest absolute Gasteiger partial charge is 0.324 e. The van der Waals surface area contributed by atoms with Crippen LogP contribution in [0.5, 0.6) is 0 Å². The highest BCUT2D eigenvalue weighted by molar-refractivity contribution is 7.80. The lowest BCUT2D eigenvalue weighted by molar-refractivity contribution is -0.149. The van der Waals surface area contributed by atoms with Crippen LogP contribution in [0.2, 0.25) is 0 Å². The molecule has 168 valence electrons. The molecule has 1 aliphatic carbocycles. The zero-order chi connectivity index (χ0) is 22.7. The first-order valence-electron chi connectivity index (χ1n) is 11.0. The van der Waals surface area contributed by atoms with Gasteiger partial charge in [-0.2, -0.15) is 12.6 Å². The minimum absolute atomic E-state index is 0.115. The summed E-state index contributed by atoms with van der Waals surface area (Å²) in [6.07, 6.45) is 16.5. The molecule has 0 spiro atoms. The van der Waals surface area contributed by atoms with Crippen LogP contribution in [0, 0.1) is 5.41 Å². The van der Waals surface area contributed by atoms with Gasteiger partial charge in [0.2, 0.25) is 0 Å². The second-order valence-corrected chi connectivity index (χ2v) is 9.48. The third kappa shape index (κ3) is 9.53. The van der Waals surface area contributed by atoms with Crippen molar-refractivity contribution in [3.8, 4) is 0 Å². The van der Waals surface area contributed by atoms with E-state index in [1.54, 1.807) is 0 Å². The fourth-order valence-corrected chi connectivity index (χ4v) is 3.88. The first-order chi connectivity index (χ1) is 14.1. The lowest BCUT2D eigenvalue weighted by Gasteiger charge is -2.32. The van der Waals surface area contributed by atoms with Crippen LogP contribution in [-0.2, 0) is 9.53 Å². The van der Waals surface area contributed by atoms with Gasteiger partial charge < -0.3 is 10.1 Å². The van der Waals surface area contributed by atoms with Crippen molar-refractivity contribution in [1.29, 1.82) is 0 Å². The maximum atomic E-state index is 12.0. The van der Waals surface area contributed by atoms with E-state index in [1.807, 2.05) is 13.8 Å². The van der Waals surface area contributed by atoms with Crippen LogP contribution in [0.25, 0.3) is 0 Å². The summed E-state index contributed by atoms with van der Waals surface area (Å²) in [7, 11) is 0. The third-order valence-electron chi connectivity index (χ3n) is 5.38. The molecule has 3 nitrogen and oxygen atoms in total. The highest BCUT2D eigenvalue weighted by Gasteiger charge is 2.26. The number of hydrogen-bond donors (Lipinski definition) is 2. The summed E-state index contributed by atoms with van der Waals surface area (Å²) >= 11 is 4.24. The van der Waals surface area contributed by atoms with Crippen LogP contribution in [-0.4, -0.2) is 30.4 Å². The number of carbonyl (C=O) groups is 1. The molecule has 1 atom stereocenters. The fraction of sp³-hybridized carbons (Fsp3) is 0.577. The third-order valence-corrected chi connectivity index (χ3v) is 5.75. The Morgan fingerprint density at radius 2 is 1.93 bits per heavy atom. The molecule has 0 aliphatic heterocycles. The monoisotopic (exact) mass is 431 g/mol. The fourth-order valence-electron chi connectivity index (χ4n) is 3.60. The molecule has 0 fully saturated rings. The lowest BCUT2D eigenvalue weighted by atomic mass is 9.72. The molecule has 4 heteroatoms. The minimum atomic E-state index is -0.391. The van der Waals surface area contributed by atoms with Crippen LogP contribution < -0.4 is 5.32 Å². The molecule has 1 aliphatic rings. The largest absolute Gasteiger partial charge is 0.462 e. The molecule has 0 aromatic rings. The Labute approximate surface area is 189 Å². The lowest BCUT2D eigenvalue weighted by Crippen LogP contribution is -2.40. The Bertz CT molecular complexity index is 723. The predicted octanol–water partition coefficient (Wildman–Crippen LogP) is 6.36. The number of thiol groups is 1. The van der Waals surface area contributed by atoms with Crippen molar-refractivity contribution >= 4 is 18.6 Å². The highest BCUT2D eigenvalue weighted by Crippen LogP contribution is 2.40. The van der Waals surface area contributed by atoms with Crippen molar-refractivity contribution in [3.05, 3.63) is 58.7 Å². The van der Waals surface area contributed by atoms with Gasteiger partial charge in [-0.05, 0) is 64.9 Å². The summed E-state index contributed by atoms with van der Waals surface area (Å²) in [4.78, 5) is 12.0. The molecular weight excluding hydrogens is 390 g/mol. The Balaban J connectivity index is 2.60. The summed E-state index contributed by atoms with van der Waals surface area (Å²) in [5.74, 6) is 0.161. The molecule has 0 unspecified atom stereocenters. The molecule has 1 rings (SSSR count). The molecular formula is C26H41NO2S. The van der Waals surface area contributed by atoms with Gasteiger partial charge in [-0.25, -0.2) is 0 Å². The molecule has 0 saturated carbocycles. The maximum Gasteiger partial charge on any atom is 0.324 e. The van der Waals surface area contributed by atoms with E-state index in [0.717, 1.165) is 5.57 Å². The van der Waals surface area contributed by atoms with E-state index in [1.165, 1.54) is 36.0 Å². The SMILES string of the molecule is CC(C=CC1=C(C)CCCC1(C)C)=CC=C/C(C)=C\CN[C@@H](CS)C(=O)OC(C)C. The molecule has 0 bridgehead atoms. The van der Waals surface area contributed by atoms with E-state index >= 15 is 0 Å². The summed E-state index contributed by atoms with van der Waals surface area (Å²) in [5.41, 5.74) is 5.65. The normalized spacial score (nSPS) is 19.2. The topological polar surface area (TPSA) is 38.3 Å². The molecule has 0 saturated heterocycles. The molecule has 30 heavy (non-hydrogen) atoms. The van der Waals surface area contributed by atoms with Gasteiger partial charge in [0, 0.05) is 12.3 Å². The number of hydrogen-bond acceptors (Lipinski definition) is 4. The molecule has 0 radical (unpaired) electrons. The highest BCUT2D eigenvalue weighted by atomic mass is 32.1. The van der Waals surface area contributed by atoms with E-state index in [-0.39, 0.29) is 17.5 Å². The van der Waals surface area contributed by atoms with Gasteiger partial charge in [-0.3, -0.25) is 4.79 Å². The van der Waals surface area contributed by atoms with Crippen LogP contribution in [0.1, 0.15) is 67.7 Å². The summed E-state index contributed by atoms with van der Waals surface area (Å²) in [5, 5.41) is 3.18. The van der Waals surface area contributed by atoms with E-state index in [2.05, 4.69) is 89.0 Å². The van der Waals surface area contributed by atoms with Crippen LogP contribution in [0.4, 0.5) is 0 Å². The van der Waals surface area contributed by atoms with E-state index in [9.17, 15) is 4.79 Å². The van der Waals surface area contributed by atoms with Crippen molar-refractivity contribution in [1.82, 2.24) is 5.32 Å². The summed E-state index contributed by atoms with van der Waals surface area (Å²) in [6, 6.07) is -0.391. The van der Waals surface area contributed by atoms with Crippen LogP contribution in [0.15, 0.2) is 58.7 Å². The van der Waals surface area contributed by atoms with Crippen molar-refractivity contribution in [3.63, 3.8) is 0 Å². The van der Waals surface area contributed by atoms with E-state index in [4.69, 9.17) is 4.74 Å². The number of ether oxygens (including phenoxy) is 1. The summed E-state index contributed by atoms with van der Waals surface area (Å²) in [6.45, 7) is 15.4. The van der Waals surface area contributed by atoms with Crippen molar-refractivity contribution in [2.45, 2.75) is 79.9 Å². The number of carbonyl (C=O) groups excluding carboxylic acids is 1. The molecule has 0 heterocycles.